The van der Waals surface area contributed by atoms with Gasteiger partial charge >= 0.3 is 5.63 Å². The Morgan fingerprint density at radius 3 is 2.83 bits per heavy atom. The minimum absolute atomic E-state index is 0.359. The van der Waals surface area contributed by atoms with E-state index in [0.29, 0.717) is 23.0 Å². The van der Waals surface area contributed by atoms with Crippen LogP contribution in [-0.4, -0.2) is 6.61 Å². The molecule has 0 saturated carbocycles. The predicted molar refractivity (Wildman–Crippen MR) is 72.6 cm³/mol. The fourth-order valence-electron chi connectivity index (χ4n) is 1.76. The second-order valence-electron chi connectivity index (χ2n) is 4.23. The molecule has 1 heterocycles. The fraction of sp³-hybridized carbons (Fsp3) is 0.357. The molecule has 0 radical (unpaired) electrons. The lowest BCUT2D eigenvalue weighted by molar-refractivity contribution is 0.309. The van der Waals surface area contributed by atoms with Crippen LogP contribution in [-0.2, 0) is 0 Å². The fourth-order valence-corrected chi connectivity index (χ4v) is 1.98. The maximum atomic E-state index is 11.3. The average Bonchev–Trinajstić information content (AvgIpc) is 2.31. The van der Waals surface area contributed by atoms with Gasteiger partial charge in [-0.3, -0.25) is 0 Å². The highest BCUT2D eigenvalue weighted by molar-refractivity contribution is 6.32. The van der Waals surface area contributed by atoms with Gasteiger partial charge in [0.15, 0.2) is 0 Å². The molecule has 0 bridgehead atoms. The van der Waals surface area contributed by atoms with Crippen molar-refractivity contribution >= 4 is 22.6 Å². The Bertz CT molecular complexity index is 616. The third kappa shape index (κ3) is 2.67. The number of benzene rings is 1. The minimum atomic E-state index is -0.359. The van der Waals surface area contributed by atoms with Crippen molar-refractivity contribution in [2.24, 2.45) is 0 Å². The minimum Gasteiger partial charge on any atom is -0.492 e. The highest BCUT2D eigenvalue weighted by atomic mass is 35.5. The van der Waals surface area contributed by atoms with Crippen molar-refractivity contribution in [3.63, 3.8) is 0 Å². The van der Waals surface area contributed by atoms with Gasteiger partial charge in [0.1, 0.15) is 11.3 Å². The first kappa shape index (κ1) is 13.0. The molecule has 1 aromatic heterocycles. The second-order valence-corrected chi connectivity index (χ2v) is 4.64. The maximum Gasteiger partial charge on any atom is 0.336 e. The molecular weight excluding hydrogens is 252 g/mol. The number of ether oxygens (including phenoxy) is 1. The summed E-state index contributed by atoms with van der Waals surface area (Å²) in [4.78, 5) is 11.3. The molecule has 0 fully saturated rings. The van der Waals surface area contributed by atoms with Gasteiger partial charge in [-0.1, -0.05) is 24.9 Å². The van der Waals surface area contributed by atoms with Crippen molar-refractivity contribution in [2.75, 3.05) is 6.61 Å². The van der Waals surface area contributed by atoms with E-state index in [1.54, 1.807) is 12.1 Å². The van der Waals surface area contributed by atoms with Crippen molar-refractivity contribution in [1.82, 2.24) is 0 Å². The lowest BCUT2D eigenvalue weighted by Crippen LogP contribution is -2.00. The van der Waals surface area contributed by atoms with Crippen molar-refractivity contribution < 1.29 is 9.15 Å². The van der Waals surface area contributed by atoms with Crippen molar-refractivity contribution in [2.45, 2.75) is 26.7 Å². The standard InChI is InChI=1S/C14H15ClO3/c1-3-4-5-17-13-8-12-10(7-11(13)15)9(2)6-14(16)18-12/h6-8H,3-5H2,1-2H3. The first-order chi connectivity index (χ1) is 8.61. The molecule has 18 heavy (non-hydrogen) atoms. The smallest absolute Gasteiger partial charge is 0.336 e. The van der Waals surface area contributed by atoms with E-state index >= 15 is 0 Å². The zero-order chi connectivity index (χ0) is 13.1. The predicted octanol–water partition coefficient (Wildman–Crippen LogP) is 3.93. The Hall–Kier alpha value is -1.48. The zero-order valence-corrected chi connectivity index (χ0v) is 11.2. The van der Waals surface area contributed by atoms with Crippen LogP contribution < -0.4 is 10.4 Å². The van der Waals surface area contributed by atoms with Gasteiger partial charge in [-0.25, -0.2) is 4.79 Å². The van der Waals surface area contributed by atoms with E-state index in [-0.39, 0.29) is 5.63 Å². The van der Waals surface area contributed by atoms with Gasteiger partial charge in [-0.2, -0.15) is 0 Å². The van der Waals surface area contributed by atoms with E-state index in [0.717, 1.165) is 23.8 Å². The summed E-state index contributed by atoms with van der Waals surface area (Å²) in [7, 11) is 0. The number of aryl methyl sites for hydroxylation is 1. The quantitative estimate of drug-likeness (QED) is 0.622. The van der Waals surface area contributed by atoms with Crippen LogP contribution in [0.2, 0.25) is 5.02 Å². The second kappa shape index (κ2) is 5.44. The molecule has 2 aromatic rings. The molecule has 96 valence electrons. The first-order valence-corrected chi connectivity index (χ1v) is 6.36. The monoisotopic (exact) mass is 266 g/mol. The number of rotatable bonds is 4. The van der Waals surface area contributed by atoms with Crippen LogP contribution in [0, 0.1) is 6.92 Å². The summed E-state index contributed by atoms with van der Waals surface area (Å²) in [5.74, 6) is 0.561. The molecule has 1 aromatic carbocycles. The van der Waals surface area contributed by atoms with Crippen LogP contribution in [0.1, 0.15) is 25.3 Å². The molecule has 0 aliphatic rings. The van der Waals surface area contributed by atoms with Gasteiger partial charge in [0.25, 0.3) is 0 Å². The van der Waals surface area contributed by atoms with Crippen LogP contribution in [0.25, 0.3) is 11.0 Å². The lowest BCUT2D eigenvalue weighted by Gasteiger charge is -2.09. The molecule has 0 unspecified atom stereocenters. The summed E-state index contributed by atoms with van der Waals surface area (Å²) in [6.45, 7) is 4.55. The van der Waals surface area contributed by atoms with Crippen molar-refractivity contribution in [3.8, 4) is 5.75 Å². The van der Waals surface area contributed by atoms with Crippen LogP contribution >= 0.6 is 11.6 Å². The average molecular weight is 267 g/mol. The molecule has 0 N–H and O–H groups in total. The Morgan fingerprint density at radius 1 is 1.33 bits per heavy atom. The molecule has 0 aliphatic heterocycles. The van der Waals surface area contributed by atoms with Gasteiger partial charge < -0.3 is 9.15 Å². The van der Waals surface area contributed by atoms with Crippen LogP contribution in [0.3, 0.4) is 0 Å². The van der Waals surface area contributed by atoms with Gasteiger partial charge in [0.05, 0.1) is 11.6 Å². The van der Waals surface area contributed by atoms with Crippen molar-refractivity contribution in [3.05, 3.63) is 39.2 Å². The third-order valence-corrected chi connectivity index (χ3v) is 3.05. The summed E-state index contributed by atoms with van der Waals surface area (Å²) in [6, 6.07) is 4.91. The molecule has 0 amide bonds. The topological polar surface area (TPSA) is 39.4 Å². The van der Waals surface area contributed by atoms with E-state index in [4.69, 9.17) is 20.8 Å². The summed E-state index contributed by atoms with van der Waals surface area (Å²) in [5, 5.41) is 1.37. The summed E-state index contributed by atoms with van der Waals surface area (Å²) in [5.41, 5.74) is 1.00. The Labute approximate surface area is 110 Å². The summed E-state index contributed by atoms with van der Waals surface area (Å²) >= 11 is 6.15. The molecule has 0 aliphatic carbocycles. The lowest BCUT2D eigenvalue weighted by atomic mass is 10.1. The molecule has 4 heteroatoms. The molecule has 2 rings (SSSR count). The van der Waals surface area contributed by atoms with E-state index in [9.17, 15) is 4.79 Å². The Kier molecular flexibility index (Phi) is 3.92. The van der Waals surface area contributed by atoms with E-state index < -0.39 is 0 Å². The highest BCUT2D eigenvalue weighted by Crippen LogP contribution is 2.31. The highest BCUT2D eigenvalue weighted by Gasteiger charge is 2.08. The Balaban J connectivity index is 2.44. The SMILES string of the molecule is CCCCOc1cc2oc(=O)cc(C)c2cc1Cl. The summed E-state index contributed by atoms with van der Waals surface area (Å²) in [6.07, 6.45) is 2.02. The Morgan fingerprint density at radius 2 is 2.11 bits per heavy atom. The first-order valence-electron chi connectivity index (χ1n) is 5.98. The molecule has 0 atom stereocenters. The number of hydrogen-bond donors (Lipinski definition) is 0. The molecule has 0 spiro atoms. The van der Waals surface area contributed by atoms with Crippen molar-refractivity contribution in [1.29, 1.82) is 0 Å². The number of fused-ring (bicyclic) bond motifs is 1. The van der Waals surface area contributed by atoms with Crippen LogP contribution in [0.15, 0.2) is 27.4 Å². The largest absolute Gasteiger partial charge is 0.492 e. The molecule has 3 nitrogen and oxygen atoms in total. The molecular formula is C14H15ClO3. The van der Waals surface area contributed by atoms with Gasteiger partial charge in [-0.05, 0) is 25.0 Å². The van der Waals surface area contributed by atoms with Crippen LogP contribution in [0.4, 0.5) is 0 Å². The van der Waals surface area contributed by atoms with E-state index in [2.05, 4.69) is 6.92 Å². The van der Waals surface area contributed by atoms with Crippen LogP contribution in [0.5, 0.6) is 5.75 Å². The molecule has 0 saturated heterocycles. The van der Waals surface area contributed by atoms with Gasteiger partial charge in [0, 0.05) is 17.5 Å². The number of unbranched alkanes of at least 4 members (excludes halogenated alkanes) is 1. The maximum absolute atomic E-state index is 11.3. The van der Waals surface area contributed by atoms with E-state index in [1.807, 2.05) is 6.92 Å². The van der Waals surface area contributed by atoms with Gasteiger partial charge in [-0.15, -0.1) is 0 Å². The normalized spacial score (nSPS) is 10.8. The zero-order valence-electron chi connectivity index (χ0n) is 10.5. The summed E-state index contributed by atoms with van der Waals surface area (Å²) < 4.78 is 10.7. The number of hydrogen-bond acceptors (Lipinski definition) is 3. The third-order valence-electron chi connectivity index (χ3n) is 2.76. The number of halogens is 1. The van der Waals surface area contributed by atoms with Gasteiger partial charge in [0.2, 0.25) is 0 Å². The van der Waals surface area contributed by atoms with E-state index in [1.165, 1.54) is 6.07 Å².